The van der Waals surface area contributed by atoms with Gasteiger partial charge < -0.3 is 5.32 Å². The molecule has 1 aliphatic heterocycles. The van der Waals surface area contributed by atoms with Gasteiger partial charge in [-0.05, 0) is 23.1 Å². The molecule has 9 heteroatoms. The Hall–Kier alpha value is -0.890. The highest BCUT2D eigenvalue weighted by Gasteiger charge is 2.26. The number of benzene rings is 1. The monoisotopic (exact) mass is 409 g/mol. The summed E-state index contributed by atoms with van der Waals surface area (Å²) in [6, 6.07) is 9.25. The molecule has 1 atom stereocenters. The molecule has 2 aromatic rings. The van der Waals surface area contributed by atoms with Crippen LogP contribution in [0.1, 0.15) is 16.5 Å². The maximum Gasteiger partial charge on any atom is 0.288 e. The van der Waals surface area contributed by atoms with E-state index in [0.717, 1.165) is 31.7 Å². The molecule has 1 fully saturated rings. The van der Waals surface area contributed by atoms with Crippen LogP contribution in [-0.2, 0) is 0 Å². The molecule has 0 saturated carbocycles. The third kappa shape index (κ3) is 4.59. The van der Waals surface area contributed by atoms with Crippen molar-refractivity contribution in [1.29, 1.82) is 0 Å². The van der Waals surface area contributed by atoms with Crippen LogP contribution in [0.2, 0.25) is 5.02 Å². The molecule has 1 aliphatic rings. The average molecular weight is 411 g/mol. The minimum absolute atomic E-state index is 0. The van der Waals surface area contributed by atoms with Crippen molar-refractivity contribution in [3.63, 3.8) is 0 Å². The van der Waals surface area contributed by atoms with Gasteiger partial charge in [0.05, 0.1) is 11.0 Å². The van der Waals surface area contributed by atoms with E-state index in [-0.39, 0.29) is 41.6 Å². The molecule has 0 aliphatic carbocycles. The standard InChI is InChI=1S/C15H16ClN3O2S.2ClH/c16-12-4-3-11(10-13(12)19(20)21)15(14-2-1-9-22-14)18-7-5-17-6-8-18;;/h1-4,9-10,15,17H,5-8H2;2*1H/t15-;;/m1../s1. The summed E-state index contributed by atoms with van der Waals surface area (Å²) in [5.74, 6) is 0. The van der Waals surface area contributed by atoms with Crippen molar-refractivity contribution in [3.05, 3.63) is 61.3 Å². The molecule has 0 amide bonds. The van der Waals surface area contributed by atoms with Gasteiger partial charge in [0.15, 0.2) is 0 Å². The third-order valence-corrected chi connectivity index (χ3v) is 5.06. The van der Waals surface area contributed by atoms with Crippen molar-refractivity contribution < 1.29 is 4.92 Å². The van der Waals surface area contributed by atoms with E-state index >= 15 is 0 Å². The lowest BCUT2D eigenvalue weighted by molar-refractivity contribution is -0.384. The minimum Gasteiger partial charge on any atom is -0.314 e. The molecule has 132 valence electrons. The van der Waals surface area contributed by atoms with Crippen LogP contribution >= 0.6 is 47.8 Å². The van der Waals surface area contributed by atoms with Gasteiger partial charge in [-0.15, -0.1) is 36.2 Å². The summed E-state index contributed by atoms with van der Waals surface area (Å²) in [4.78, 5) is 14.3. The number of hydrogen-bond acceptors (Lipinski definition) is 5. The van der Waals surface area contributed by atoms with E-state index in [1.165, 1.54) is 4.88 Å². The molecule has 3 rings (SSSR count). The van der Waals surface area contributed by atoms with Gasteiger partial charge in [-0.1, -0.05) is 23.7 Å². The zero-order chi connectivity index (χ0) is 15.5. The lowest BCUT2D eigenvalue weighted by Gasteiger charge is -2.34. The van der Waals surface area contributed by atoms with Crippen LogP contribution in [0.4, 0.5) is 5.69 Å². The molecule has 0 radical (unpaired) electrons. The lowest BCUT2D eigenvalue weighted by atomic mass is 10.0. The Morgan fingerprint density at radius 1 is 1.25 bits per heavy atom. The van der Waals surface area contributed by atoms with Gasteiger partial charge >= 0.3 is 0 Å². The van der Waals surface area contributed by atoms with E-state index < -0.39 is 4.92 Å². The van der Waals surface area contributed by atoms with Crippen molar-refractivity contribution in [2.75, 3.05) is 26.2 Å². The minimum atomic E-state index is -0.422. The molecule has 0 unspecified atom stereocenters. The van der Waals surface area contributed by atoms with Crippen LogP contribution in [-0.4, -0.2) is 36.0 Å². The third-order valence-electron chi connectivity index (χ3n) is 3.81. The normalized spacial score (nSPS) is 15.9. The lowest BCUT2D eigenvalue weighted by Crippen LogP contribution is -2.45. The molecule has 0 bridgehead atoms. The highest BCUT2D eigenvalue weighted by molar-refractivity contribution is 7.10. The van der Waals surface area contributed by atoms with Gasteiger partial charge in [0.1, 0.15) is 5.02 Å². The van der Waals surface area contributed by atoms with Gasteiger partial charge in [0, 0.05) is 37.1 Å². The highest BCUT2D eigenvalue weighted by Crippen LogP contribution is 2.35. The molecule has 1 aromatic carbocycles. The van der Waals surface area contributed by atoms with E-state index in [9.17, 15) is 10.1 Å². The Morgan fingerprint density at radius 3 is 2.54 bits per heavy atom. The summed E-state index contributed by atoms with van der Waals surface area (Å²) in [6.07, 6.45) is 0. The van der Waals surface area contributed by atoms with E-state index in [4.69, 9.17) is 11.6 Å². The summed E-state index contributed by atoms with van der Waals surface area (Å²) in [7, 11) is 0. The number of nitro groups is 1. The molecular weight excluding hydrogens is 393 g/mol. The molecule has 2 heterocycles. The second-order valence-corrected chi connectivity index (χ2v) is 6.56. The van der Waals surface area contributed by atoms with Crippen LogP contribution in [0, 0.1) is 10.1 Å². The maximum absolute atomic E-state index is 11.2. The van der Waals surface area contributed by atoms with Gasteiger partial charge in [0.2, 0.25) is 0 Å². The smallest absolute Gasteiger partial charge is 0.288 e. The van der Waals surface area contributed by atoms with Crippen LogP contribution in [0.25, 0.3) is 0 Å². The summed E-state index contributed by atoms with van der Waals surface area (Å²) >= 11 is 7.62. The molecule has 5 nitrogen and oxygen atoms in total. The summed E-state index contributed by atoms with van der Waals surface area (Å²) in [6.45, 7) is 3.69. The first-order chi connectivity index (χ1) is 10.7. The molecule has 1 N–H and O–H groups in total. The fourth-order valence-corrected chi connectivity index (χ4v) is 3.85. The zero-order valence-electron chi connectivity index (χ0n) is 12.7. The van der Waals surface area contributed by atoms with E-state index in [1.807, 2.05) is 17.5 Å². The second kappa shape index (κ2) is 9.56. The molecule has 1 saturated heterocycles. The number of nitrogens with zero attached hydrogens (tertiary/aromatic N) is 2. The molecule has 1 aromatic heterocycles. The van der Waals surface area contributed by atoms with Gasteiger partial charge in [-0.25, -0.2) is 0 Å². The zero-order valence-corrected chi connectivity index (χ0v) is 15.9. The fourth-order valence-electron chi connectivity index (χ4n) is 2.78. The summed E-state index contributed by atoms with van der Waals surface area (Å²) in [5.41, 5.74) is 0.885. The second-order valence-electron chi connectivity index (χ2n) is 5.17. The Bertz CT molecular complexity index is 664. The summed E-state index contributed by atoms with van der Waals surface area (Å²) < 4.78 is 0. The molecule has 24 heavy (non-hydrogen) atoms. The maximum atomic E-state index is 11.2. The van der Waals surface area contributed by atoms with Crippen molar-refractivity contribution in [1.82, 2.24) is 10.2 Å². The predicted octanol–water partition coefficient (Wildman–Crippen LogP) is 4.15. The number of rotatable bonds is 4. The van der Waals surface area contributed by atoms with E-state index in [2.05, 4.69) is 16.3 Å². The molecular formula is C15H18Cl3N3O2S. The van der Waals surface area contributed by atoms with Gasteiger partial charge in [-0.2, -0.15) is 0 Å². The molecule has 0 spiro atoms. The van der Waals surface area contributed by atoms with Gasteiger partial charge in [-0.3, -0.25) is 15.0 Å². The summed E-state index contributed by atoms with van der Waals surface area (Å²) in [5, 5.41) is 16.7. The van der Waals surface area contributed by atoms with Crippen LogP contribution < -0.4 is 5.32 Å². The van der Waals surface area contributed by atoms with E-state index in [1.54, 1.807) is 23.5 Å². The highest BCUT2D eigenvalue weighted by atomic mass is 35.5. The topological polar surface area (TPSA) is 58.4 Å². The van der Waals surface area contributed by atoms with Crippen molar-refractivity contribution >= 4 is 53.4 Å². The first kappa shape index (κ1) is 21.2. The number of halogens is 3. The first-order valence-electron chi connectivity index (χ1n) is 7.09. The predicted molar refractivity (Wildman–Crippen MR) is 103 cm³/mol. The first-order valence-corrected chi connectivity index (χ1v) is 8.34. The Balaban J connectivity index is 0.00000144. The fraction of sp³-hybridized carbons (Fsp3) is 0.333. The van der Waals surface area contributed by atoms with Crippen molar-refractivity contribution in [2.24, 2.45) is 0 Å². The van der Waals surface area contributed by atoms with Crippen LogP contribution in [0.15, 0.2) is 35.7 Å². The van der Waals surface area contributed by atoms with Crippen molar-refractivity contribution in [2.45, 2.75) is 6.04 Å². The van der Waals surface area contributed by atoms with Crippen LogP contribution in [0.5, 0.6) is 0 Å². The number of hydrogen-bond donors (Lipinski definition) is 1. The number of nitrogens with one attached hydrogen (secondary N) is 1. The van der Waals surface area contributed by atoms with E-state index in [0.29, 0.717) is 0 Å². The SMILES string of the molecule is Cl.Cl.O=[N+]([O-])c1cc([C@H](c2cccs2)N2CCNCC2)ccc1Cl. The Morgan fingerprint density at radius 2 is 1.96 bits per heavy atom. The van der Waals surface area contributed by atoms with Crippen molar-refractivity contribution in [3.8, 4) is 0 Å². The quantitative estimate of drug-likeness (QED) is 0.608. The number of thiophene rings is 1. The Labute approximate surface area is 162 Å². The Kier molecular flexibility index (Phi) is 8.42. The number of piperazine rings is 1. The van der Waals surface area contributed by atoms with Gasteiger partial charge in [0.25, 0.3) is 5.69 Å². The average Bonchev–Trinajstić information content (AvgIpc) is 3.04. The largest absolute Gasteiger partial charge is 0.314 e. The number of nitro benzene ring substituents is 1. The van der Waals surface area contributed by atoms with Crippen LogP contribution in [0.3, 0.4) is 0 Å².